The number of carbonyl (C=O) groups excluding carboxylic acids is 1. The third kappa shape index (κ3) is 3.81. The number of piperazine rings is 1. The topological polar surface area (TPSA) is 79.0 Å². The van der Waals surface area contributed by atoms with E-state index in [0.717, 1.165) is 0 Å². The Kier molecular flexibility index (Phi) is 5.85. The fraction of sp³-hybridized carbons (Fsp3) is 0.316. The normalized spacial score (nSPS) is 15.3. The van der Waals surface area contributed by atoms with Crippen molar-refractivity contribution in [3.8, 4) is 5.75 Å². The van der Waals surface area contributed by atoms with Crippen molar-refractivity contribution in [1.82, 2.24) is 9.62 Å². The molecule has 28 heavy (non-hydrogen) atoms. The molecule has 1 N–H and O–H groups in total. The quantitative estimate of drug-likeness (QED) is 0.816. The molecule has 2 aromatic rings. The lowest BCUT2D eigenvalue weighted by atomic mass is 10.2. The van der Waals surface area contributed by atoms with E-state index in [2.05, 4.69) is 5.32 Å². The highest BCUT2D eigenvalue weighted by molar-refractivity contribution is 7.89. The molecule has 1 heterocycles. The van der Waals surface area contributed by atoms with Crippen molar-refractivity contribution in [1.29, 1.82) is 0 Å². The van der Waals surface area contributed by atoms with Crippen LogP contribution < -0.4 is 15.0 Å². The molecule has 1 fully saturated rings. The third-order valence-corrected chi connectivity index (χ3v) is 6.61. The van der Waals surface area contributed by atoms with Gasteiger partial charge in [0.15, 0.2) is 0 Å². The maximum Gasteiger partial charge on any atom is 0.254 e. The zero-order valence-electron chi connectivity index (χ0n) is 15.7. The van der Waals surface area contributed by atoms with Crippen molar-refractivity contribution < 1.29 is 22.3 Å². The third-order valence-electron chi connectivity index (χ3n) is 4.71. The number of nitrogens with one attached hydrogen (secondary N) is 1. The van der Waals surface area contributed by atoms with Gasteiger partial charge in [-0.15, -0.1) is 0 Å². The van der Waals surface area contributed by atoms with Gasteiger partial charge in [0.1, 0.15) is 11.6 Å². The van der Waals surface area contributed by atoms with Crippen LogP contribution in [0.1, 0.15) is 10.4 Å². The van der Waals surface area contributed by atoms with Crippen molar-refractivity contribution in [2.75, 3.05) is 45.2 Å². The molecule has 1 aliphatic heterocycles. The van der Waals surface area contributed by atoms with E-state index in [1.54, 1.807) is 18.2 Å². The van der Waals surface area contributed by atoms with Crippen LogP contribution in [0.2, 0.25) is 0 Å². The van der Waals surface area contributed by atoms with Gasteiger partial charge in [0.25, 0.3) is 5.91 Å². The predicted molar refractivity (Wildman–Crippen MR) is 104 cm³/mol. The second-order valence-corrected chi connectivity index (χ2v) is 8.22. The first-order chi connectivity index (χ1) is 13.4. The van der Waals surface area contributed by atoms with E-state index >= 15 is 0 Å². The molecule has 2 aromatic carbocycles. The summed E-state index contributed by atoms with van der Waals surface area (Å²) in [6.07, 6.45) is 0. The Labute approximate surface area is 163 Å². The highest BCUT2D eigenvalue weighted by atomic mass is 32.2. The molecular weight excluding hydrogens is 385 g/mol. The van der Waals surface area contributed by atoms with Crippen LogP contribution in [0.25, 0.3) is 0 Å². The molecule has 9 heteroatoms. The first-order valence-corrected chi connectivity index (χ1v) is 10.2. The lowest BCUT2D eigenvalue weighted by molar-refractivity contribution is 0.0960. The van der Waals surface area contributed by atoms with E-state index in [4.69, 9.17) is 4.74 Å². The Morgan fingerprint density at radius 2 is 1.79 bits per heavy atom. The molecule has 0 atom stereocenters. The van der Waals surface area contributed by atoms with Gasteiger partial charge in [-0.2, -0.15) is 4.31 Å². The van der Waals surface area contributed by atoms with Crippen molar-refractivity contribution >= 4 is 21.6 Å². The maximum absolute atomic E-state index is 14.0. The summed E-state index contributed by atoms with van der Waals surface area (Å²) >= 11 is 0. The van der Waals surface area contributed by atoms with E-state index in [1.165, 1.54) is 42.7 Å². The number of amides is 1. The average Bonchev–Trinajstić information content (AvgIpc) is 2.73. The van der Waals surface area contributed by atoms with Crippen molar-refractivity contribution in [3.63, 3.8) is 0 Å². The fourth-order valence-corrected chi connectivity index (χ4v) is 4.64. The zero-order chi connectivity index (χ0) is 20.3. The predicted octanol–water partition coefficient (Wildman–Crippen LogP) is 1.70. The number of hydrogen-bond donors (Lipinski definition) is 1. The van der Waals surface area contributed by atoms with Crippen molar-refractivity contribution in [2.45, 2.75) is 4.90 Å². The van der Waals surface area contributed by atoms with Gasteiger partial charge < -0.3 is 15.0 Å². The molecule has 1 saturated heterocycles. The molecule has 7 nitrogen and oxygen atoms in total. The minimum absolute atomic E-state index is 0.0197. The van der Waals surface area contributed by atoms with Gasteiger partial charge >= 0.3 is 0 Å². The smallest absolute Gasteiger partial charge is 0.254 e. The van der Waals surface area contributed by atoms with Crippen molar-refractivity contribution in [3.05, 3.63) is 53.8 Å². The average molecular weight is 407 g/mol. The molecule has 0 saturated carbocycles. The van der Waals surface area contributed by atoms with Gasteiger partial charge in [0.05, 0.1) is 23.3 Å². The first-order valence-electron chi connectivity index (χ1n) is 8.78. The van der Waals surface area contributed by atoms with E-state index in [1.807, 2.05) is 4.90 Å². The minimum atomic E-state index is -3.79. The number of ether oxygens (including phenoxy) is 1. The Balaban J connectivity index is 1.81. The van der Waals surface area contributed by atoms with Gasteiger partial charge in [0.2, 0.25) is 10.0 Å². The lowest BCUT2D eigenvalue weighted by Crippen LogP contribution is -2.48. The highest BCUT2D eigenvalue weighted by Gasteiger charge is 2.30. The Hall–Kier alpha value is -2.65. The van der Waals surface area contributed by atoms with E-state index in [-0.39, 0.29) is 29.4 Å². The molecule has 1 aliphatic rings. The fourth-order valence-electron chi connectivity index (χ4n) is 3.19. The molecular formula is C19H22FN3O4S. The van der Waals surface area contributed by atoms with Crippen LogP contribution >= 0.6 is 0 Å². The van der Waals surface area contributed by atoms with Crippen LogP contribution in [-0.4, -0.2) is 59.0 Å². The Bertz CT molecular complexity index is 973. The van der Waals surface area contributed by atoms with Gasteiger partial charge in [-0.1, -0.05) is 12.1 Å². The van der Waals surface area contributed by atoms with Crippen LogP contribution in [0, 0.1) is 5.82 Å². The van der Waals surface area contributed by atoms with Gasteiger partial charge in [-0.05, 0) is 30.3 Å². The second-order valence-electron chi connectivity index (χ2n) is 6.28. The zero-order valence-corrected chi connectivity index (χ0v) is 16.5. The van der Waals surface area contributed by atoms with Gasteiger partial charge in [-0.3, -0.25) is 4.79 Å². The molecule has 0 spiro atoms. The van der Waals surface area contributed by atoms with E-state index < -0.39 is 15.9 Å². The van der Waals surface area contributed by atoms with Crippen LogP contribution in [0.15, 0.2) is 47.4 Å². The molecule has 0 aliphatic carbocycles. The molecule has 150 valence electrons. The summed E-state index contributed by atoms with van der Waals surface area (Å²) in [6.45, 7) is 1.19. The van der Waals surface area contributed by atoms with Crippen LogP contribution in [0.5, 0.6) is 5.75 Å². The maximum atomic E-state index is 14.0. The van der Waals surface area contributed by atoms with Gasteiger partial charge in [-0.25, -0.2) is 12.8 Å². The summed E-state index contributed by atoms with van der Waals surface area (Å²) in [7, 11) is -0.912. The second kappa shape index (κ2) is 8.15. The number of sulfonamides is 1. The number of rotatable bonds is 5. The minimum Gasteiger partial charge on any atom is -0.496 e. The number of methoxy groups -OCH3 is 1. The molecule has 3 rings (SSSR count). The molecule has 0 unspecified atom stereocenters. The Morgan fingerprint density at radius 1 is 1.11 bits per heavy atom. The summed E-state index contributed by atoms with van der Waals surface area (Å²) in [5.74, 6) is -0.467. The number of para-hydroxylation sites is 1. The first kappa shape index (κ1) is 20.1. The number of nitrogens with zero attached hydrogens (tertiary/aromatic N) is 2. The van der Waals surface area contributed by atoms with Crippen molar-refractivity contribution in [2.24, 2.45) is 0 Å². The van der Waals surface area contributed by atoms with E-state index in [0.29, 0.717) is 24.5 Å². The number of anilines is 1. The summed E-state index contributed by atoms with van der Waals surface area (Å²) in [4.78, 5) is 13.9. The van der Waals surface area contributed by atoms with E-state index in [9.17, 15) is 17.6 Å². The largest absolute Gasteiger partial charge is 0.496 e. The molecule has 0 aromatic heterocycles. The summed E-state index contributed by atoms with van der Waals surface area (Å²) < 4.78 is 46.5. The number of hydrogen-bond acceptors (Lipinski definition) is 5. The molecule has 0 radical (unpaired) electrons. The Morgan fingerprint density at radius 3 is 2.39 bits per heavy atom. The lowest BCUT2D eigenvalue weighted by Gasteiger charge is -2.35. The van der Waals surface area contributed by atoms with Crippen LogP contribution in [0.3, 0.4) is 0 Å². The van der Waals surface area contributed by atoms with Crippen LogP contribution in [0.4, 0.5) is 10.1 Å². The van der Waals surface area contributed by atoms with Gasteiger partial charge in [0, 0.05) is 33.2 Å². The number of halogens is 1. The monoisotopic (exact) mass is 407 g/mol. The SMILES string of the molecule is CNC(=O)c1cc(S(=O)(=O)N2CCN(c3ccccc3F)CC2)ccc1OC. The summed E-state index contributed by atoms with van der Waals surface area (Å²) in [6, 6.07) is 10.6. The highest BCUT2D eigenvalue weighted by Crippen LogP contribution is 2.26. The molecule has 0 bridgehead atoms. The number of benzene rings is 2. The molecule has 1 amide bonds. The number of carbonyl (C=O) groups is 1. The summed E-state index contributed by atoms with van der Waals surface area (Å²) in [5, 5.41) is 2.47. The van der Waals surface area contributed by atoms with Crippen LogP contribution in [-0.2, 0) is 10.0 Å². The summed E-state index contributed by atoms with van der Waals surface area (Å²) in [5.41, 5.74) is 0.613. The standard InChI is InChI=1S/C19H22FN3O4S/c1-21-19(24)15-13-14(7-8-18(15)27-2)28(25,26)23-11-9-22(10-12-23)17-6-4-3-5-16(17)20/h3-8,13H,9-12H2,1-2H3,(H,21,24).